The Hall–Kier alpha value is -0.610. The van der Waals surface area contributed by atoms with Crippen LogP contribution in [0.5, 0.6) is 0 Å². The molecule has 0 bridgehead atoms. The Morgan fingerprint density at radius 3 is 2.71 bits per heavy atom. The van der Waals surface area contributed by atoms with Gasteiger partial charge in [-0.15, -0.1) is 0 Å². The van der Waals surface area contributed by atoms with Crippen LogP contribution >= 0.6 is 0 Å². The minimum absolute atomic E-state index is 0.00112. The quantitative estimate of drug-likeness (QED) is 0.814. The van der Waals surface area contributed by atoms with Crippen LogP contribution in [0.2, 0.25) is 0 Å². The van der Waals surface area contributed by atoms with Crippen LogP contribution in [0.1, 0.15) is 39.0 Å². The molecule has 17 heavy (non-hydrogen) atoms. The van der Waals surface area contributed by atoms with Crippen molar-refractivity contribution in [1.29, 1.82) is 0 Å². The number of aliphatic carboxylic acids is 1. The molecule has 4 heteroatoms. The minimum atomic E-state index is -0.667. The molecule has 2 aliphatic heterocycles. The van der Waals surface area contributed by atoms with Crippen molar-refractivity contribution in [3.63, 3.8) is 0 Å². The molecule has 98 valence electrons. The van der Waals surface area contributed by atoms with Crippen molar-refractivity contribution in [3.8, 4) is 0 Å². The number of hydrogen-bond acceptors (Lipinski definition) is 3. The van der Waals surface area contributed by atoms with Gasteiger partial charge in [-0.25, -0.2) is 0 Å². The summed E-state index contributed by atoms with van der Waals surface area (Å²) in [4.78, 5) is 13.2. The molecule has 0 aromatic carbocycles. The first-order chi connectivity index (χ1) is 8.07. The highest BCUT2D eigenvalue weighted by Crippen LogP contribution is 2.34. The average molecular weight is 241 g/mol. The van der Waals surface area contributed by atoms with Gasteiger partial charge < -0.3 is 14.7 Å². The van der Waals surface area contributed by atoms with Crippen molar-refractivity contribution in [3.05, 3.63) is 0 Å². The fourth-order valence-corrected chi connectivity index (χ4v) is 2.89. The lowest BCUT2D eigenvalue weighted by atomic mass is 9.77. The van der Waals surface area contributed by atoms with Crippen LogP contribution in [-0.4, -0.2) is 48.3 Å². The van der Waals surface area contributed by atoms with Crippen LogP contribution in [0, 0.1) is 5.41 Å². The Labute approximate surface area is 103 Å². The van der Waals surface area contributed by atoms with Crippen molar-refractivity contribution in [2.75, 3.05) is 26.2 Å². The maximum absolute atomic E-state index is 10.8. The monoisotopic (exact) mass is 241 g/mol. The van der Waals surface area contributed by atoms with E-state index in [1.807, 2.05) is 0 Å². The summed E-state index contributed by atoms with van der Waals surface area (Å²) in [6.45, 7) is 6.08. The summed E-state index contributed by atoms with van der Waals surface area (Å²) in [5.41, 5.74) is -0.00112. The first kappa shape index (κ1) is 12.8. The van der Waals surface area contributed by atoms with Crippen LogP contribution in [0.3, 0.4) is 0 Å². The third-order valence-electron chi connectivity index (χ3n) is 4.13. The topological polar surface area (TPSA) is 49.8 Å². The molecule has 0 aromatic rings. The highest BCUT2D eigenvalue weighted by Gasteiger charge is 2.33. The zero-order valence-electron chi connectivity index (χ0n) is 10.7. The Morgan fingerprint density at radius 2 is 2.18 bits per heavy atom. The molecule has 1 N–H and O–H groups in total. The van der Waals surface area contributed by atoms with E-state index in [9.17, 15) is 4.79 Å². The smallest absolute Gasteiger partial charge is 0.303 e. The maximum Gasteiger partial charge on any atom is 0.303 e. The molecular formula is C13H23NO3. The third-order valence-corrected chi connectivity index (χ3v) is 4.13. The lowest BCUT2D eigenvalue weighted by Gasteiger charge is -2.39. The van der Waals surface area contributed by atoms with Crippen LogP contribution in [0.15, 0.2) is 0 Å². The lowest BCUT2D eigenvalue weighted by Crippen LogP contribution is -2.42. The fourth-order valence-electron chi connectivity index (χ4n) is 2.89. The maximum atomic E-state index is 10.8. The zero-order valence-corrected chi connectivity index (χ0v) is 10.7. The molecule has 2 saturated heterocycles. The number of carbonyl (C=O) groups is 1. The number of carboxylic acids is 1. The Kier molecular flexibility index (Phi) is 4.05. The summed E-state index contributed by atoms with van der Waals surface area (Å²) in [7, 11) is 0. The number of likely N-dealkylation sites (tertiary alicyclic amines) is 1. The Bertz CT molecular complexity index is 266. The van der Waals surface area contributed by atoms with Gasteiger partial charge in [-0.1, -0.05) is 6.92 Å². The van der Waals surface area contributed by atoms with E-state index in [0.29, 0.717) is 12.5 Å². The van der Waals surface area contributed by atoms with E-state index in [2.05, 4.69) is 11.8 Å². The molecule has 2 heterocycles. The fraction of sp³-hybridized carbons (Fsp3) is 0.923. The highest BCUT2D eigenvalue weighted by atomic mass is 16.5. The zero-order chi connectivity index (χ0) is 12.3. The molecule has 0 amide bonds. The number of rotatable bonds is 4. The molecule has 0 spiro atoms. The number of nitrogens with zero attached hydrogens (tertiary/aromatic N) is 1. The second-order valence-corrected chi connectivity index (χ2v) is 5.82. The summed E-state index contributed by atoms with van der Waals surface area (Å²) in [6.07, 6.45) is 5.08. The van der Waals surface area contributed by atoms with E-state index in [4.69, 9.17) is 9.84 Å². The Morgan fingerprint density at radius 1 is 1.47 bits per heavy atom. The molecular weight excluding hydrogens is 218 g/mol. The summed E-state index contributed by atoms with van der Waals surface area (Å²) in [6, 6.07) is 0. The number of piperidine rings is 1. The number of hydrogen-bond donors (Lipinski definition) is 1. The van der Waals surface area contributed by atoms with Crippen molar-refractivity contribution >= 4 is 5.97 Å². The van der Waals surface area contributed by atoms with E-state index in [-0.39, 0.29) is 5.41 Å². The van der Waals surface area contributed by atoms with Gasteiger partial charge in [-0.05, 0) is 44.2 Å². The highest BCUT2D eigenvalue weighted by molar-refractivity contribution is 5.67. The van der Waals surface area contributed by atoms with Crippen molar-refractivity contribution in [1.82, 2.24) is 4.90 Å². The van der Waals surface area contributed by atoms with Gasteiger partial charge >= 0.3 is 5.97 Å². The van der Waals surface area contributed by atoms with E-state index in [1.165, 1.54) is 12.8 Å². The molecule has 2 rings (SSSR count). The molecule has 0 saturated carbocycles. The second-order valence-electron chi connectivity index (χ2n) is 5.82. The SMILES string of the molecule is CC1(CC(=O)O)CCN(CC2CCCO2)CC1. The summed E-state index contributed by atoms with van der Waals surface area (Å²) in [5.74, 6) is -0.667. The predicted octanol–water partition coefficient (Wildman–Crippen LogP) is 1.74. The van der Waals surface area contributed by atoms with Gasteiger partial charge in [0.05, 0.1) is 12.5 Å². The lowest BCUT2D eigenvalue weighted by molar-refractivity contribution is -0.140. The van der Waals surface area contributed by atoms with E-state index < -0.39 is 5.97 Å². The van der Waals surface area contributed by atoms with Gasteiger partial charge in [0, 0.05) is 13.2 Å². The van der Waals surface area contributed by atoms with Gasteiger partial charge in [0.25, 0.3) is 0 Å². The van der Waals surface area contributed by atoms with Crippen molar-refractivity contribution in [2.24, 2.45) is 5.41 Å². The molecule has 2 fully saturated rings. The first-order valence-electron chi connectivity index (χ1n) is 6.63. The van der Waals surface area contributed by atoms with Gasteiger partial charge in [0.15, 0.2) is 0 Å². The first-order valence-corrected chi connectivity index (χ1v) is 6.63. The van der Waals surface area contributed by atoms with Crippen molar-refractivity contribution < 1.29 is 14.6 Å². The largest absolute Gasteiger partial charge is 0.481 e. The molecule has 1 atom stereocenters. The molecule has 4 nitrogen and oxygen atoms in total. The number of carboxylic acid groups (broad SMARTS) is 1. The van der Waals surface area contributed by atoms with Crippen LogP contribution in [0.4, 0.5) is 0 Å². The van der Waals surface area contributed by atoms with E-state index in [1.54, 1.807) is 0 Å². The van der Waals surface area contributed by atoms with Gasteiger partial charge in [0.1, 0.15) is 0 Å². The molecule has 1 unspecified atom stereocenters. The average Bonchev–Trinajstić information content (AvgIpc) is 2.73. The summed E-state index contributed by atoms with van der Waals surface area (Å²) < 4.78 is 5.64. The standard InChI is InChI=1S/C13H23NO3/c1-13(9-12(15)16)4-6-14(7-5-13)10-11-3-2-8-17-11/h11H,2-10H2,1H3,(H,15,16). The predicted molar refractivity (Wildman–Crippen MR) is 65.0 cm³/mol. The second kappa shape index (κ2) is 5.36. The van der Waals surface area contributed by atoms with E-state index in [0.717, 1.165) is 39.1 Å². The molecule has 2 aliphatic rings. The Balaban J connectivity index is 1.75. The summed E-state index contributed by atoms with van der Waals surface area (Å²) >= 11 is 0. The van der Waals surface area contributed by atoms with Crippen molar-refractivity contribution in [2.45, 2.75) is 45.1 Å². The van der Waals surface area contributed by atoms with Crippen LogP contribution < -0.4 is 0 Å². The van der Waals surface area contributed by atoms with Crippen LogP contribution in [-0.2, 0) is 9.53 Å². The van der Waals surface area contributed by atoms with Gasteiger partial charge in [-0.3, -0.25) is 4.79 Å². The summed E-state index contributed by atoms with van der Waals surface area (Å²) in [5, 5.41) is 8.89. The molecule has 0 aromatic heterocycles. The van der Waals surface area contributed by atoms with Gasteiger partial charge in [-0.2, -0.15) is 0 Å². The normalized spacial score (nSPS) is 29.4. The van der Waals surface area contributed by atoms with Crippen LogP contribution in [0.25, 0.3) is 0 Å². The third kappa shape index (κ3) is 3.68. The number of ether oxygens (including phenoxy) is 1. The molecule has 0 aliphatic carbocycles. The molecule has 0 radical (unpaired) electrons. The minimum Gasteiger partial charge on any atom is -0.481 e. The van der Waals surface area contributed by atoms with E-state index >= 15 is 0 Å². The van der Waals surface area contributed by atoms with Gasteiger partial charge in [0.2, 0.25) is 0 Å².